The average molecular weight is 383 g/mol. The van der Waals surface area contributed by atoms with E-state index < -0.39 is 10.0 Å². The maximum Gasteiger partial charge on any atom is 0.229 e. The third kappa shape index (κ3) is 3.75. The highest BCUT2D eigenvalue weighted by Crippen LogP contribution is 2.24. The lowest BCUT2D eigenvalue weighted by Gasteiger charge is -2.35. The molecule has 3 rings (SSSR count). The van der Waals surface area contributed by atoms with E-state index >= 15 is 0 Å². The van der Waals surface area contributed by atoms with Gasteiger partial charge >= 0.3 is 0 Å². The number of nitrogens with one attached hydrogen (secondary N) is 1. The summed E-state index contributed by atoms with van der Waals surface area (Å²) in [7, 11) is -3.50. The second-order valence-electron chi connectivity index (χ2n) is 6.78. The number of imide groups is 1. The molecule has 0 aliphatic carbocycles. The fraction of sp³-hybridized carbons (Fsp3) is 0.688. The minimum absolute atomic E-state index is 0.0554. The number of carbonyl (C=O) groups excluding carboxylic acids is 2. The Morgan fingerprint density at radius 3 is 2.19 bits per heavy atom. The van der Waals surface area contributed by atoms with Gasteiger partial charge in [0.1, 0.15) is 0 Å². The van der Waals surface area contributed by atoms with Gasteiger partial charge in [-0.25, -0.2) is 8.42 Å². The SMILES string of the molecule is Cc1n[nH]c(C)c1N1CCN(S(=O)(=O)CCN2C(=O)CCCC2=O)CC1. The molecule has 1 N–H and O–H groups in total. The van der Waals surface area contributed by atoms with Crippen LogP contribution >= 0.6 is 0 Å². The molecule has 2 amide bonds. The maximum absolute atomic E-state index is 12.6. The van der Waals surface area contributed by atoms with E-state index in [9.17, 15) is 18.0 Å². The highest BCUT2D eigenvalue weighted by atomic mass is 32.2. The van der Waals surface area contributed by atoms with Gasteiger partial charge in [0.15, 0.2) is 0 Å². The van der Waals surface area contributed by atoms with Crippen LogP contribution in [0.25, 0.3) is 0 Å². The van der Waals surface area contributed by atoms with Crippen LogP contribution in [0, 0.1) is 13.8 Å². The molecule has 2 fully saturated rings. The Morgan fingerprint density at radius 1 is 1.04 bits per heavy atom. The third-order valence-electron chi connectivity index (χ3n) is 4.99. The largest absolute Gasteiger partial charge is 0.366 e. The van der Waals surface area contributed by atoms with Crippen molar-refractivity contribution in [2.45, 2.75) is 33.1 Å². The van der Waals surface area contributed by atoms with Crippen molar-refractivity contribution >= 4 is 27.5 Å². The number of aromatic amines is 1. The zero-order chi connectivity index (χ0) is 18.9. The standard InChI is InChI=1S/C16H25N5O4S/c1-12-16(13(2)18-17-12)19-6-8-20(9-7-19)26(24,25)11-10-21-14(22)4-3-5-15(21)23/h3-11H2,1-2H3,(H,17,18). The number of piperazine rings is 1. The van der Waals surface area contributed by atoms with E-state index in [0.29, 0.717) is 45.4 Å². The van der Waals surface area contributed by atoms with Gasteiger partial charge in [-0.15, -0.1) is 0 Å². The maximum atomic E-state index is 12.6. The molecule has 2 aliphatic rings. The molecule has 9 nitrogen and oxygen atoms in total. The van der Waals surface area contributed by atoms with E-state index in [0.717, 1.165) is 22.0 Å². The van der Waals surface area contributed by atoms with Crippen molar-refractivity contribution in [3.8, 4) is 0 Å². The third-order valence-corrected chi connectivity index (χ3v) is 6.84. The summed E-state index contributed by atoms with van der Waals surface area (Å²) < 4.78 is 26.7. The summed E-state index contributed by atoms with van der Waals surface area (Å²) in [5.74, 6) is -0.756. The fourth-order valence-electron chi connectivity index (χ4n) is 3.59. The van der Waals surface area contributed by atoms with E-state index in [-0.39, 0.29) is 24.1 Å². The van der Waals surface area contributed by atoms with Crippen LogP contribution in [0.15, 0.2) is 0 Å². The number of aryl methyl sites for hydroxylation is 2. The summed E-state index contributed by atoms with van der Waals surface area (Å²) in [4.78, 5) is 26.9. The number of carbonyl (C=O) groups is 2. The predicted octanol–water partition coefficient (Wildman–Crippen LogP) is 0.0174. The Balaban J connectivity index is 1.58. The van der Waals surface area contributed by atoms with Crippen LogP contribution in [0.3, 0.4) is 0 Å². The molecule has 2 aliphatic heterocycles. The van der Waals surface area contributed by atoms with Crippen LogP contribution in [0.1, 0.15) is 30.7 Å². The van der Waals surface area contributed by atoms with Gasteiger partial charge in [0, 0.05) is 45.6 Å². The Kier molecular flexibility index (Phi) is 5.33. The highest BCUT2D eigenvalue weighted by molar-refractivity contribution is 7.89. The molecule has 0 aromatic carbocycles. The number of anilines is 1. The Bertz CT molecular complexity index is 760. The molecule has 0 radical (unpaired) electrons. The molecule has 3 heterocycles. The van der Waals surface area contributed by atoms with Crippen LogP contribution in [0.4, 0.5) is 5.69 Å². The number of aromatic nitrogens is 2. The smallest absolute Gasteiger partial charge is 0.229 e. The second kappa shape index (κ2) is 7.36. The highest BCUT2D eigenvalue weighted by Gasteiger charge is 2.31. The number of amides is 2. The summed E-state index contributed by atoms with van der Waals surface area (Å²) in [5, 5.41) is 7.13. The number of piperidine rings is 1. The van der Waals surface area contributed by atoms with E-state index in [4.69, 9.17) is 0 Å². The minimum Gasteiger partial charge on any atom is -0.366 e. The molecule has 0 unspecified atom stereocenters. The van der Waals surface area contributed by atoms with E-state index in [1.54, 1.807) is 0 Å². The molecule has 0 bridgehead atoms. The first-order valence-electron chi connectivity index (χ1n) is 8.87. The number of rotatable bonds is 5. The van der Waals surface area contributed by atoms with Crippen LogP contribution in [-0.4, -0.2) is 78.1 Å². The molecule has 26 heavy (non-hydrogen) atoms. The molecule has 0 spiro atoms. The van der Waals surface area contributed by atoms with Gasteiger partial charge in [-0.3, -0.25) is 19.6 Å². The zero-order valence-electron chi connectivity index (χ0n) is 15.2. The van der Waals surface area contributed by atoms with Gasteiger partial charge < -0.3 is 4.90 Å². The molecule has 2 saturated heterocycles. The van der Waals surface area contributed by atoms with E-state index in [1.165, 1.54) is 4.31 Å². The van der Waals surface area contributed by atoms with Crippen molar-refractivity contribution in [3.05, 3.63) is 11.4 Å². The summed E-state index contributed by atoms with van der Waals surface area (Å²) in [6, 6.07) is 0. The van der Waals surface area contributed by atoms with Crippen molar-refractivity contribution in [3.63, 3.8) is 0 Å². The normalized spacial score (nSPS) is 20.1. The summed E-state index contributed by atoms with van der Waals surface area (Å²) in [6.07, 6.45) is 1.18. The van der Waals surface area contributed by atoms with Crippen molar-refractivity contribution in [2.24, 2.45) is 0 Å². The molecular formula is C16H25N5O4S. The van der Waals surface area contributed by atoms with E-state index in [2.05, 4.69) is 15.1 Å². The lowest BCUT2D eigenvalue weighted by molar-refractivity contribution is -0.147. The molecule has 144 valence electrons. The number of hydrogen-bond donors (Lipinski definition) is 1. The Hall–Kier alpha value is -1.94. The molecule has 1 aromatic heterocycles. The molecule has 10 heteroatoms. The summed E-state index contributed by atoms with van der Waals surface area (Å²) >= 11 is 0. The number of hydrogen-bond acceptors (Lipinski definition) is 6. The zero-order valence-corrected chi connectivity index (χ0v) is 16.0. The predicted molar refractivity (Wildman–Crippen MR) is 96.2 cm³/mol. The number of H-pyrrole nitrogens is 1. The first-order valence-corrected chi connectivity index (χ1v) is 10.5. The number of nitrogens with zero attached hydrogens (tertiary/aromatic N) is 4. The Morgan fingerprint density at radius 2 is 1.65 bits per heavy atom. The van der Waals surface area contributed by atoms with Gasteiger partial charge in [-0.2, -0.15) is 9.40 Å². The quantitative estimate of drug-likeness (QED) is 0.718. The second-order valence-corrected chi connectivity index (χ2v) is 8.87. The number of likely N-dealkylation sites (tertiary alicyclic amines) is 1. The van der Waals surface area contributed by atoms with Gasteiger partial charge in [0.25, 0.3) is 0 Å². The van der Waals surface area contributed by atoms with Crippen molar-refractivity contribution in [1.82, 2.24) is 19.4 Å². The van der Waals surface area contributed by atoms with Gasteiger partial charge in [0.05, 0.1) is 22.8 Å². The molecular weight excluding hydrogens is 358 g/mol. The van der Waals surface area contributed by atoms with Gasteiger partial charge in [-0.05, 0) is 20.3 Å². The van der Waals surface area contributed by atoms with Crippen LogP contribution in [0.2, 0.25) is 0 Å². The lowest BCUT2D eigenvalue weighted by Crippen LogP contribution is -2.51. The van der Waals surface area contributed by atoms with Gasteiger partial charge in [-0.1, -0.05) is 0 Å². The molecule has 0 atom stereocenters. The Labute approximate surface area is 153 Å². The first kappa shape index (κ1) is 18.8. The minimum atomic E-state index is -3.50. The number of sulfonamides is 1. The first-order chi connectivity index (χ1) is 12.3. The summed E-state index contributed by atoms with van der Waals surface area (Å²) in [6.45, 7) is 5.76. The average Bonchev–Trinajstić information content (AvgIpc) is 2.93. The van der Waals surface area contributed by atoms with Crippen molar-refractivity contribution in [1.29, 1.82) is 0 Å². The molecule has 0 saturated carbocycles. The van der Waals surface area contributed by atoms with Gasteiger partial charge in [0.2, 0.25) is 21.8 Å². The van der Waals surface area contributed by atoms with Crippen molar-refractivity contribution < 1.29 is 18.0 Å². The molecule has 1 aromatic rings. The topological polar surface area (TPSA) is 107 Å². The van der Waals surface area contributed by atoms with Crippen LogP contribution < -0.4 is 4.90 Å². The lowest BCUT2D eigenvalue weighted by atomic mass is 10.1. The fourth-order valence-corrected chi connectivity index (χ4v) is 4.98. The van der Waals surface area contributed by atoms with Crippen LogP contribution in [-0.2, 0) is 19.6 Å². The van der Waals surface area contributed by atoms with Crippen LogP contribution in [0.5, 0.6) is 0 Å². The summed E-state index contributed by atoms with van der Waals surface area (Å²) in [5.41, 5.74) is 2.91. The van der Waals surface area contributed by atoms with E-state index in [1.807, 2.05) is 13.8 Å². The van der Waals surface area contributed by atoms with Crippen molar-refractivity contribution in [2.75, 3.05) is 43.4 Å². The monoisotopic (exact) mass is 383 g/mol.